The molecule has 0 spiro atoms. The number of benzene rings is 2. The fourth-order valence-electron chi connectivity index (χ4n) is 2.72. The van der Waals surface area contributed by atoms with E-state index in [9.17, 15) is 14.0 Å². The van der Waals surface area contributed by atoms with Gasteiger partial charge in [-0.05, 0) is 23.3 Å². The molecule has 2 N–H and O–H groups in total. The first-order valence-electron chi connectivity index (χ1n) is 7.64. The molecule has 0 aromatic heterocycles. The van der Waals surface area contributed by atoms with E-state index in [0.29, 0.717) is 5.56 Å². The SMILES string of the molecule is O=C1C[C@H](NC(=O)OCc2ccccc2)[C@@H](c2cccc(F)c2)N1. The minimum Gasteiger partial charge on any atom is -0.445 e. The molecule has 3 rings (SSSR count). The van der Waals surface area contributed by atoms with E-state index in [1.54, 1.807) is 12.1 Å². The molecule has 1 saturated heterocycles. The van der Waals surface area contributed by atoms with Gasteiger partial charge in [0.1, 0.15) is 12.4 Å². The molecule has 24 heavy (non-hydrogen) atoms. The minimum absolute atomic E-state index is 0.127. The third-order valence-corrected chi connectivity index (χ3v) is 3.85. The van der Waals surface area contributed by atoms with Crippen LogP contribution in [0.25, 0.3) is 0 Å². The van der Waals surface area contributed by atoms with Gasteiger partial charge in [-0.1, -0.05) is 42.5 Å². The molecular weight excluding hydrogens is 311 g/mol. The Bertz CT molecular complexity index is 736. The van der Waals surface area contributed by atoms with Crippen molar-refractivity contribution in [2.75, 3.05) is 0 Å². The van der Waals surface area contributed by atoms with Crippen LogP contribution in [0.1, 0.15) is 23.6 Å². The Labute approximate surface area is 138 Å². The van der Waals surface area contributed by atoms with E-state index in [0.717, 1.165) is 5.56 Å². The van der Waals surface area contributed by atoms with Gasteiger partial charge in [-0.3, -0.25) is 4.79 Å². The van der Waals surface area contributed by atoms with Gasteiger partial charge >= 0.3 is 6.09 Å². The molecule has 1 aliphatic rings. The van der Waals surface area contributed by atoms with Crippen LogP contribution in [0.15, 0.2) is 54.6 Å². The molecule has 2 atom stereocenters. The van der Waals surface area contributed by atoms with Gasteiger partial charge in [-0.15, -0.1) is 0 Å². The van der Waals surface area contributed by atoms with E-state index < -0.39 is 18.2 Å². The molecule has 6 heteroatoms. The fraction of sp³-hybridized carbons (Fsp3) is 0.222. The molecule has 0 radical (unpaired) electrons. The normalized spacial score (nSPS) is 19.6. The molecule has 1 heterocycles. The first-order valence-corrected chi connectivity index (χ1v) is 7.64. The maximum atomic E-state index is 13.4. The number of hydrogen-bond acceptors (Lipinski definition) is 3. The van der Waals surface area contributed by atoms with Crippen molar-refractivity contribution in [3.8, 4) is 0 Å². The molecular formula is C18H17FN2O3. The van der Waals surface area contributed by atoms with Crippen LogP contribution in [0, 0.1) is 5.82 Å². The van der Waals surface area contributed by atoms with Gasteiger partial charge in [-0.2, -0.15) is 0 Å². The van der Waals surface area contributed by atoms with Crippen molar-refractivity contribution in [1.82, 2.24) is 10.6 Å². The average molecular weight is 328 g/mol. The van der Waals surface area contributed by atoms with Gasteiger partial charge in [-0.25, -0.2) is 9.18 Å². The lowest BCUT2D eigenvalue weighted by molar-refractivity contribution is -0.119. The first-order chi connectivity index (χ1) is 11.6. The van der Waals surface area contributed by atoms with E-state index in [4.69, 9.17) is 4.74 Å². The van der Waals surface area contributed by atoms with Crippen molar-refractivity contribution in [3.63, 3.8) is 0 Å². The van der Waals surface area contributed by atoms with Crippen molar-refractivity contribution in [3.05, 3.63) is 71.5 Å². The van der Waals surface area contributed by atoms with Crippen LogP contribution >= 0.6 is 0 Å². The van der Waals surface area contributed by atoms with Crippen molar-refractivity contribution in [2.45, 2.75) is 25.1 Å². The number of alkyl carbamates (subject to hydrolysis) is 1. The molecule has 0 unspecified atom stereocenters. The monoisotopic (exact) mass is 328 g/mol. The highest BCUT2D eigenvalue weighted by Crippen LogP contribution is 2.25. The van der Waals surface area contributed by atoms with E-state index in [2.05, 4.69) is 10.6 Å². The maximum absolute atomic E-state index is 13.4. The lowest BCUT2D eigenvalue weighted by Gasteiger charge is -2.20. The zero-order valence-electron chi connectivity index (χ0n) is 12.9. The number of nitrogens with one attached hydrogen (secondary N) is 2. The summed E-state index contributed by atoms with van der Waals surface area (Å²) >= 11 is 0. The first kappa shape index (κ1) is 16.0. The largest absolute Gasteiger partial charge is 0.445 e. The van der Waals surface area contributed by atoms with Crippen molar-refractivity contribution in [2.24, 2.45) is 0 Å². The van der Waals surface area contributed by atoms with Gasteiger partial charge in [0.05, 0.1) is 12.1 Å². The summed E-state index contributed by atoms with van der Waals surface area (Å²) in [5, 5.41) is 5.43. The summed E-state index contributed by atoms with van der Waals surface area (Å²) in [7, 11) is 0. The van der Waals surface area contributed by atoms with E-state index in [1.807, 2.05) is 30.3 Å². The van der Waals surface area contributed by atoms with Crippen molar-refractivity contribution in [1.29, 1.82) is 0 Å². The Morgan fingerprint density at radius 1 is 1.21 bits per heavy atom. The van der Waals surface area contributed by atoms with Crippen molar-refractivity contribution >= 4 is 12.0 Å². The number of hydrogen-bond donors (Lipinski definition) is 2. The lowest BCUT2D eigenvalue weighted by atomic mass is 10.0. The summed E-state index contributed by atoms with van der Waals surface area (Å²) < 4.78 is 18.6. The van der Waals surface area contributed by atoms with Crippen LogP contribution < -0.4 is 10.6 Å². The smallest absolute Gasteiger partial charge is 0.407 e. The zero-order valence-corrected chi connectivity index (χ0v) is 12.9. The highest BCUT2D eigenvalue weighted by Gasteiger charge is 2.35. The zero-order chi connectivity index (χ0) is 16.9. The standard InChI is InChI=1S/C18H17FN2O3/c19-14-8-4-7-13(9-14)17-15(10-16(22)21-17)20-18(23)24-11-12-5-2-1-3-6-12/h1-9,15,17H,10-11H2,(H,20,23)(H,21,22)/t15-,17+/m0/s1. The van der Waals surface area contributed by atoms with Crippen LogP contribution in [0.2, 0.25) is 0 Å². The summed E-state index contributed by atoms with van der Waals surface area (Å²) in [6.45, 7) is 0.144. The predicted molar refractivity (Wildman–Crippen MR) is 85.5 cm³/mol. The molecule has 2 aromatic rings. The summed E-state index contributed by atoms with van der Waals surface area (Å²) in [5.74, 6) is -0.586. The van der Waals surface area contributed by atoms with Crippen LogP contribution in [0.3, 0.4) is 0 Å². The Hall–Kier alpha value is -2.89. The van der Waals surface area contributed by atoms with Gasteiger partial charge in [0.15, 0.2) is 0 Å². The fourth-order valence-corrected chi connectivity index (χ4v) is 2.72. The molecule has 2 amide bonds. The number of amides is 2. The molecule has 0 bridgehead atoms. The molecule has 5 nitrogen and oxygen atoms in total. The Balaban J connectivity index is 1.62. The molecule has 0 aliphatic carbocycles. The maximum Gasteiger partial charge on any atom is 0.407 e. The van der Waals surface area contributed by atoms with E-state index in [-0.39, 0.29) is 24.8 Å². The Morgan fingerprint density at radius 2 is 2.00 bits per heavy atom. The Kier molecular flexibility index (Phi) is 4.74. The molecule has 1 aliphatic heterocycles. The predicted octanol–water partition coefficient (Wildman–Crippen LogP) is 2.68. The summed E-state index contributed by atoms with van der Waals surface area (Å²) in [6, 6.07) is 14.3. The topological polar surface area (TPSA) is 67.4 Å². The number of halogens is 1. The number of carbonyl (C=O) groups is 2. The molecule has 1 fully saturated rings. The summed E-state index contributed by atoms with van der Waals surface area (Å²) in [4.78, 5) is 23.7. The van der Waals surface area contributed by atoms with Crippen LogP contribution in [0.5, 0.6) is 0 Å². The molecule has 124 valence electrons. The second-order valence-electron chi connectivity index (χ2n) is 5.62. The highest BCUT2D eigenvalue weighted by molar-refractivity contribution is 5.81. The van der Waals surface area contributed by atoms with E-state index >= 15 is 0 Å². The van der Waals surface area contributed by atoms with Crippen LogP contribution in [-0.2, 0) is 16.1 Å². The van der Waals surface area contributed by atoms with E-state index in [1.165, 1.54) is 12.1 Å². The highest BCUT2D eigenvalue weighted by atomic mass is 19.1. The quantitative estimate of drug-likeness (QED) is 0.907. The van der Waals surface area contributed by atoms with Crippen LogP contribution in [-0.4, -0.2) is 18.0 Å². The molecule has 0 saturated carbocycles. The van der Waals surface area contributed by atoms with Crippen molar-refractivity contribution < 1.29 is 18.7 Å². The summed E-state index contributed by atoms with van der Waals surface area (Å²) in [6.07, 6.45) is -0.483. The third-order valence-electron chi connectivity index (χ3n) is 3.85. The lowest BCUT2D eigenvalue weighted by Crippen LogP contribution is -2.38. The van der Waals surface area contributed by atoms with Gasteiger partial charge in [0.25, 0.3) is 0 Å². The molecule has 2 aromatic carbocycles. The number of carbonyl (C=O) groups excluding carboxylic acids is 2. The summed E-state index contributed by atoms with van der Waals surface area (Å²) in [5.41, 5.74) is 1.48. The van der Waals surface area contributed by atoms with Gasteiger partial charge < -0.3 is 15.4 Å². The van der Waals surface area contributed by atoms with Crippen LogP contribution in [0.4, 0.5) is 9.18 Å². The third kappa shape index (κ3) is 3.90. The van der Waals surface area contributed by atoms with Gasteiger partial charge in [0, 0.05) is 6.42 Å². The number of ether oxygens (including phenoxy) is 1. The minimum atomic E-state index is -0.609. The van der Waals surface area contributed by atoms with Gasteiger partial charge in [0.2, 0.25) is 5.91 Å². The second kappa shape index (κ2) is 7.12. The number of rotatable bonds is 4. The second-order valence-corrected chi connectivity index (χ2v) is 5.62. The Morgan fingerprint density at radius 3 is 2.75 bits per heavy atom. The average Bonchev–Trinajstić information content (AvgIpc) is 2.94.